The average Bonchev–Trinajstić information content (AvgIpc) is 3.53. The molecule has 2 aromatic heterocycles. The smallest absolute Gasteiger partial charge is 0.333 e. The number of nitrogens with one attached hydrogen (secondary N) is 1. The Morgan fingerprint density at radius 1 is 0.783 bits per heavy atom. The summed E-state index contributed by atoms with van der Waals surface area (Å²) in [7, 11) is 0. The van der Waals surface area contributed by atoms with E-state index in [-0.39, 0.29) is 48.8 Å². The largest absolute Gasteiger partial charge is 0.462 e. The van der Waals surface area contributed by atoms with Crippen molar-refractivity contribution in [2.24, 2.45) is 0 Å². The van der Waals surface area contributed by atoms with Crippen molar-refractivity contribution in [1.82, 2.24) is 10.1 Å². The lowest BCUT2D eigenvalue weighted by Crippen LogP contribution is -2.30. The highest BCUT2D eigenvalue weighted by molar-refractivity contribution is 5.92. The summed E-state index contributed by atoms with van der Waals surface area (Å²) in [6.45, 7) is 4.58. The number of nitro groups is 1. The first-order valence-corrected chi connectivity index (χ1v) is 17.0. The van der Waals surface area contributed by atoms with Crippen LogP contribution in [0.2, 0.25) is 0 Å². The number of hydrogen-bond acceptors (Lipinski definition) is 12. The number of pyridine rings is 1. The van der Waals surface area contributed by atoms with Crippen molar-refractivity contribution in [2.45, 2.75) is 136 Å². The summed E-state index contributed by atoms with van der Waals surface area (Å²) < 4.78 is 21.1. The minimum atomic E-state index is -0.798. The second-order valence-electron chi connectivity index (χ2n) is 11.6. The number of fused-ring (bicyclic) bond motifs is 1. The Kier molecular flexibility index (Phi) is 19.7. The van der Waals surface area contributed by atoms with Crippen LogP contribution in [-0.4, -0.2) is 58.8 Å². The molecule has 46 heavy (non-hydrogen) atoms. The molecule has 0 aliphatic carbocycles. The second-order valence-corrected chi connectivity index (χ2v) is 11.6. The molecule has 0 aromatic carbocycles. The molecule has 1 atom stereocenters. The van der Waals surface area contributed by atoms with Crippen LogP contribution < -0.4 is 5.32 Å². The van der Waals surface area contributed by atoms with Crippen molar-refractivity contribution < 1.29 is 38.0 Å². The van der Waals surface area contributed by atoms with Crippen LogP contribution in [0.5, 0.6) is 0 Å². The molecular weight excluding hydrogens is 596 g/mol. The molecule has 258 valence electrons. The summed E-state index contributed by atoms with van der Waals surface area (Å²) >= 11 is 0. The van der Waals surface area contributed by atoms with Gasteiger partial charge in [-0.15, -0.1) is 0 Å². The maximum Gasteiger partial charge on any atom is 0.333 e. The predicted molar refractivity (Wildman–Crippen MR) is 173 cm³/mol. The minimum absolute atomic E-state index is 0.113. The molecule has 2 rings (SSSR count). The monoisotopic (exact) mass is 648 g/mol. The third kappa shape index (κ3) is 16.0. The molecule has 0 saturated carbocycles. The van der Waals surface area contributed by atoms with E-state index < -0.39 is 11.0 Å². The molecule has 0 bridgehead atoms. The van der Waals surface area contributed by atoms with E-state index in [1.165, 1.54) is 12.4 Å². The molecule has 0 saturated heterocycles. The fourth-order valence-corrected chi connectivity index (χ4v) is 4.87. The third-order valence-electron chi connectivity index (χ3n) is 7.55. The lowest BCUT2D eigenvalue weighted by atomic mass is 10.1. The van der Waals surface area contributed by atoms with Gasteiger partial charge in [-0.05, 0) is 25.7 Å². The summed E-state index contributed by atoms with van der Waals surface area (Å²) in [6, 6.07) is 0. The molecule has 0 radical (unpaired) electrons. The number of hydrogen-bond donors (Lipinski definition) is 1. The number of aromatic nitrogens is 2. The molecular formula is C33H52N4O9. The summed E-state index contributed by atoms with van der Waals surface area (Å²) in [5.74, 6) is -0.522. The number of carbonyl (C=O) groups excluding carboxylic acids is 3. The molecule has 0 spiro atoms. The normalized spacial score (nSPS) is 11.7. The Hall–Kier alpha value is -3.77. The number of ether oxygens (including phenoxy) is 3. The first-order chi connectivity index (χ1) is 22.3. The van der Waals surface area contributed by atoms with Gasteiger partial charge in [-0.3, -0.25) is 24.5 Å². The van der Waals surface area contributed by atoms with E-state index in [9.17, 15) is 24.5 Å². The number of carbonyl (C=O) groups is 3. The van der Waals surface area contributed by atoms with Crippen molar-refractivity contribution in [3.63, 3.8) is 0 Å². The molecule has 2 aromatic rings. The lowest BCUT2D eigenvalue weighted by molar-refractivity contribution is -0.384. The summed E-state index contributed by atoms with van der Waals surface area (Å²) in [5.41, 5.74) is -0.0792. The molecule has 13 nitrogen and oxygen atoms in total. The Morgan fingerprint density at radius 3 is 1.87 bits per heavy atom. The van der Waals surface area contributed by atoms with Crippen LogP contribution in [0, 0.1) is 10.1 Å². The van der Waals surface area contributed by atoms with Gasteiger partial charge in [0.25, 0.3) is 0 Å². The van der Waals surface area contributed by atoms with Crippen molar-refractivity contribution in [3.8, 4) is 0 Å². The molecule has 0 amide bonds. The zero-order valence-electron chi connectivity index (χ0n) is 27.6. The van der Waals surface area contributed by atoms with Crippen LogP contribution in [0.15, 0.2) is 16.9 Å². The number of anilines is 1. The van der Waals surface area contributed by atoms with E-state index in [2.05, 4.69) is 29.3 Å². The number of nitrogens with zero attached hydrogens (tertiary/aromatic N) is 3. The Labute approximate surface area is 271 Å². The zero-order chi connectivity index (χ0) is 33.4. The number of esters is 3. The fraction of sp³-hybridized carbons (Fsp3) is 0.727. The summed E-state index contributed by atoms with van der Waals surface area (Å²) in [6.07, 6.45) is 17.3. The highest BCUT2D eigenvalue weighted by atomic mass is 16.6. The van der Waals surface area contributed by atoms with Crippen molar-refractivity contribution >= 4 is 40.4 Å². The van der Waals surface area contributed by atoms with Crippen LogP contribution in [-0.2, 0) is 28.6 Å². The lowest BCUT2D eigenvalue weighted by Gasteiger charge is -2.18. The number of rotatable bonds is 27. The fourth-order valence-electron chi connectivity index (χ4n) is 4.87. The van der Waals surface area contributed by atoms with E-state index in [0.717, 1.165) is 96.3 Å². The van der Waals surface area contributed by atoms with Gasteiger partial charge in [0, 0.05) is 25.8 Å². The van der Waals surface area contributed by atoms with Gasteiger partial charge in [0.1, 0.15) is 25.2 Å². The minimum Gasteiger partial charge on any atom is -0.462 e. The Balaban J connectivity index is 1.52. The molecule has 0 fully saturated rings. The molecule has 2 heterocycles. The van der Waals surface area contributed by atoms with Crippen LogP contribution >= 0.6 is 0 Å². The van der Waals surface area contributed by atoms with Gasteiger partial charge in [-0.2, -0.15) is 0 Å². The van der Waals surface area contributed by atoms with Gasteiger partial charge < -0.3 is 24.1 Å². The maximum absolute atomic E-state index is 12.3. The van der Waals surface area contributed by atoms with Crippen molar-refractivity contribution in [2.75, 3.05) is 25.1 Å². The standard InChI is InChI=1S/C33H52N4O9/c1-3-5-14-18-29(38)43-24-26(45-31(40)20-15-6-4-2)25-44-30(39)19-16-12-10-8-7-9-11-13-17-21-34-33-27-22-36-46-32(27)28(23-35-33)37(41)42/h22-23,26H,3-21,24-25H2,1-2H3,(H,34,35). The third-order valence-corrected chi connectivity index (χ3v) is 7.55. The molecule has 0 aliphatic rings. The van der Waals surface area contributed by atoms with Gasteiger partial charge in [0.2, 0.25) is 5.58 Å². The quantitative estimate of drug-likeness (QED) is 0.0331. The van der Waals surface area contributed by atoms with Gasteiger partial charge >= 0.3 is 23.6 Å². The van der Waals surface area contributed by atoms with Gasteiger partial charge in [0.15, 0.2) is 6.10 Å². The van der Waals surface area contributed by atoms with Gasteiger partial charge in [-0.25, -0.2) is 4.98 Å². The molecule has 13 heteroatoms. The van der Waals surface area contributed by atoms with Crippen LogP contribution in [0.4, 0.5) is 11.5 Å². The van der Waals surface area contributed by atoms with E-state index >= 15 is 0 Å². The Bertz CT molecular complexity index is 1190. The van der Waals surface area contributed by atoms with E-state index in [4.69, 9.17) is 18.7 Å². The second kappa shape index (κ2) is 23.6. The van der Waals surface area contributed by atoms with Crippen molar-refractivity contribution in [1.29, 1.82) is 0 Å². The van der Waals surface area contributed by atoms with Crippen molar-refractivity contribution in [3.05, 3.63) is 22.5 Å². The van der Waals surface area contributed by atoms with Crippen LogP contribution in [0.1, 0.15) is 129 Å². The highest BCUT2D eigenvalue weighted by Gasteiger charge is 2.21. The highest BCUT2D eigenvalue weighted by Crippen LogP contribution is 2.29. The molecule has 0 aliphatic heterocycles. The topological polar surface area (TPSA) is 173 Å². The van der Waals surface area contributed by atoms with E-state index in [0.29, 0.717) is 30.6 Å². The molecule has 1 N–H and O–H groups in total. The molecule has 1 unspecified atom stereocenters. The summed E-state index contributed by atoms with van der Waals surface area (Å²) in [4.78, 5) is 51.2. The van der Waals surface area contributed by atoms with E-state index in [1.54, 1.807) is 0 Å². The van der Waals surface area contributed by atoms with Crippen LogP contribution in [0.3, 0.4) is 0 Å². The van der Waals surface area contributed by atoms with Gasteiger partial charge in [0.05, 0.1) is 16.5 Å². The first-order valence-electron chi connectivity index (χ1n) is 17.0. The zero-order valence-corrected chi connectivity index (χ0v) is 27.6. The SMILES string of the molecule is CCCCCC(=O)OCC(COC(=O)CCCCCCCCCCCNc1ncc([N+](=O)[O-])c2oncc12)OC(=O)CCCCC. The average molecular weight is 649 g/mol. The predicted octanol–water partition coefficient (Wildman–Crippen LogP) is 7.60. The summed E-state index contributed by atoms with van der Waals surface area (Å²) in [5, 5.41) is 18.5. The van der Waals surface area contributed by atoms with E-state index in [1.807, 2.05) is 0 Å². The maximum atomic E-state index is 12.3. The first kappa shape index (κ1) is 38.4. The van der Waals surface area contributed by atoms with Gasteiger partial charge in [-0.1, -0.05) is 89.6 Å². The Morgan fingerprint density at radius 2 is 1.30 bits per heavy atom. The van der Waals surface area contributed by atoms with Crippen LogP contribution in [0.25, 0.3) is 11.0 Å². The number of unbranched alkanes of at least 4 members (excludes halogenated alkanes) is 12.